The van der Waals surface area contributed by atoms with Gasteiger partial charge in [-0.05, 0) is 37.3 Å². The summed E-state index contributed by atoms with van der Waals surface area (Å²) >= 11 is 0. The molecule has 0 saturated heterocycles. The maximum absolute atomic E-state index is 13.4. The third-order valence-electron chi connectivity index (χ3n) is 2.65. The molecule has 0 bridgehead atoms. The number of hydrogen-bond donors (Lipinski definition) is 1. The summed E-state index contributed by atoms with van der Waals surface area (Å²) in [6.45, 7) is 1.72. The number of amides is 1. The third-order valence-corrected chi connectivity index (χ3v) is 2.65. The molecule has 0 radical (unpaired) electrons. The van der Waals surface area contributed by atoms with E-state index in [-0.39, 0.29) is 5.56 Å². The number of halogens is 2. The molecule has 1 aromatic carbocycles. The lowest BCUT2D eigenvalue weighted by atomic mass is 10.1. The molecule has 0 fully saturated rings. The smallest absolute Gasteiger partial charge is 0.254 e. The van der Waals surface area contributed by atoms with Crippen molar-refractivity contribution >= 4 is 5.91 Å². The lowest BCUT2D eigenvalue weighted by molar-refractivity contribution is 0.0934. The van der Waals surface area contributed by atoms with Crippen LogP contribution >= 0.6 is 0 Å². The Balaban J connectivity index is 2.15. The molecule has 19 heavy (non-hydrogen) atoms. The first kappa shape index (κ1) is 13.1. The average molecular weight is 262 g/mol. The van der Waals surface area contributed by atoms with Gasteiger partial charge in [0.2, 0.25) is 0 Å². The van der Waals surface area contributed by atoms with Crippen molar-refractivity contribution < 1.29 is 13.6 Å². The summed E-state index contributed by atoms with van der Waals surface area (Å²) < 4.78 is 26.4. The molecule has 98 valence electrons. The predicted molar refractivity (Wildman–Crippen MR) is 66.5 cm³/mol. The van der Waals surface area contributed by atoms with Crippen LogP contribution in [0.1, 0.15) is 29.0 Å². The van der Waals surface area contributed by atoms with Crippen molar-refractivity contribution in [3.8, 4) is 0 Å². The number of benzene rings is 1. The number of aromatic nitrogens is 1. The zero-order chi connectivity index (χ0) is 13.8. The van der Waals surface area contributed by atoms with Crippen LogP contribution in [0.3, 0.4) is 0 Å². The lowest BCUT2D eigenvalue weighted by Gasteiger charge is -2.13. The molecule has 1 atom stereocenters. The van der Waals surface area contributed by atoms with Gasteiger partial charge in [0.05, 0.1) is 17.3 Å². The monoisotopic (exact) mass is 262 g/mol. The van der Waals surface area contributed by atoms with Crippen molar-refractivity contribution in [3.05, 3.63) is 65.5 Å². The fourth-order valence-corrected chi connectivity index (χ4v) is 1.65. The van der Waals surface area contributed by atoms with Crippen LogP contribution < -0.4 is 5.32 Å². The molecule has 0 aliphatic rings. The SMILES string of the molecule is CC(NC(=O)c1cc(F)ccc1F)c1ccccn1. The number of rotatable bonds is 3. The number of hydrogen-bond acceptors (Lipinski definition) is 2. The van der Waals surface area contributed by atoms with Gasteiger partial charge in [-0.1, -0.05) is 6.07 Å². The Bertz CT molecular complexity index is 587. The molecule has 2 rings (SSSR count). The van der Waals surface area contributed by atoms with Gasteiger partial charge in [-0.3, -0.25) is 9.78 Å². The molecule has 0 saturated carbocycles. The van der Waals surface area contributed by atoms with Gasteiger partial charge in [-0.15, -0.1) is 0 Å². The fourth-order valence-electron chi connectivity index (χ4n) is 1.65. The van der Waals surface area contributed by atoms with Crippen molar-refractivity contribution in [2.75, 3.05) is 0 Å². The van der Waals surface area contributed by atoms with Crippen molar-refractivity contribution in [2.45, 2.75) is 13.0 Å². The molecule has 0 spiro atoms. The molecular formula is C14H12F2N2O. The molecule has 2 aromatic rings. The molecule has 3 nitrogen and oxygen atoms in total. The Labute approximate surface area is 109 Å². The van der Waals surface area contributed by atoms with Crippen molar-refractivity contribution in [1.29, 1.82) is 0 Å². The van der Waals surface area contributed by atoms with Gasteiger partial charge in [0.25, 0.3) is 5.91 Å². The number of carbonyl (C=O) groups is 1. The van der Waals surface area contributed by atoms with Crippen LogP contribution in [0.4, 0.5) is 8.78 Å². The Kier molecular flexibility index (Phi) is 3.85. The Hall–Kier alpha value is -2.30. The number of nitrogens with zero attached hydrogens (tertiary/aromatic N) is 1. The van der Waals surface area contributed by atoms with E-state index in [1.807, 2.05) is 0 Å². The van der Waals surface area contributed by atoms with Crippen LogP contribution in [0.5, 0.6) is 0 Å². The van der Waals surface area contributed by atoms with E-state index in [1.54, 1.807) is 31.3 Å². The van der Waals surface area contributed by atoms with Crippen molar-refractivity contribution in [3.63, 3.8) is 0 Å². The van der Waals surface area contributed by atoms with Crippen LogP contribution in [-0.4, -0.2) is 10.9 Å². The van der Waals surface area contributed by atoms with E-state index in [9.17, 15) is 13.6 Å². The second kappa shape index (κ2) is 5.56. The topological polar surface area (TPSA) is 42.0 Å². The second-order valence-corrected chi connectivity index (χ2v) is 4.07. The first-order chi connectivity index (χ1) is 9.08. The van der Waals surface area contributed by atoms with Crippen LogP contribution in [0.2, 0.25) is 0 Å². The normalized spacial score (nSPS) is 11.9. The van der Waals surface area contributed by atoms with Gasteiger partial charge < -0.3 is 5.32 Å². The molecule has 1 unspecified atom stereocenters. The summed E-state index contributed by atoms with van der Waals surface area (Å²) in [6.07, 6.45) is 1.60. The first-order valence-electron chi connectivity index (χ1n) is 5.75. The molecule has 1 aromatic heterocycles. The van der Waals surface area contributed by atoms with Gasteiger partial charge in [-0.25, -0.2) is 8.78 Å². The highest BCUT2D eigenvalue weighted by molar-refractivity contribution is 5.94. The molecule has 1 N–H and O–H groups in total. The van der Waals surface area contributed by atoms with E-state index in [1.165, 1.54) is 0 Å². The minimum atomic E-state index is -0.757. The Morgan fingerprint density at radius 3 is 2.74 bits per heavy atom. The molecular weight excluding hydrogens is 250 g/mol. The summed E-state index contributed by atoms with van der Waals surface area (Å²) in [5.74, 6) is -2.08. The van der Waals surface area contributed by atoms with E-state index >= 15 is 0 Å². The van der Waals surface area contributed by atoms with E-state index in [0.717, 1.165) is 18.2 Å². The summed E-state index contributed by atoms with van der Waals surface area (Å²) in [7, 11) is 0. The van der Waals surface area contributed by atoms with Crippen LogP contribution in [0.25, 0.3) is 0 Å². The highest BCUT2D eigenvalue weighted by Crippen LogP contribution is 2.13. The highest BCUT2D eigenvalue weighted by Gasteiger charge is 2.16. The largest absolute Gasteiger partial charge is 0.344 e. The molecule has 1 amide bonds. The van der Waals surface area contributed by atoms with E-state index in [0.29, 0.717) is 5.69 Å². The van der Waals surface area contributed by atoms with Crippen molar-refractivity contribution in [1.82, 2.24) is 10.3 Å². The summed E-state index contributed by atoms with van der Waals surface area (Å²) in [6, 6.07) is 7.65. The van der Waals surface area contributed by atoms with Crippen LogP contribution in [0, 0.1) is 11.6 Å². The van der Waals surface area contributed by atoms with Gasteiger partial charge >= 0.3 is 0 Å². The average Bonchev–Trinajstić information content (AvgIpc) is 2.42. The third kappa shape index (κ3) is 3.13. The minimum absolute atomic E-state index is 0.317. The second-order valence-electron chi connectivity index (χ2n) is 4.07. The van der Waals surface area contributed by atoms with E-state index < -0.39 is 23.6 Å². The fraction of sp³-hybridized carbons (Fsp3) is 0.143. The number of pyridine rings is 1. The standard InChI is InChI=1S/C14H12F2N2O/c1-9(13-4-2-3-7-17-13)18-14(19)11-8-10(15)5-6-12(11)16/h2-9H,1H3,(H,18,19). The molecule has 0 aliphatic carbocycles. The molecule has 5 heteroatoms. The Morgan fingerprint density at radius 2 is 2.05 bits per heavy atom. The van der Waals surface area contributed by atoms with Crippen LogP contribution in [0.15, 0.2) is 42.6 Å². The van der Waals surface area contributed by atoms with Crippen molar-refractivity contribution in [2.24, 2.45) is 0 Å². The minimum Gasteiger partial charge on any atom is -0.344 e. The number of carbonyl (C=O) groups excluding carboxylic acids is 1. The molecule has 0 aliphatic heterocycles. The lowest BCUT2D eigenvalue weighted by Crippen LogP contribution is -2.28. The summed E-state index contributed by atoms with van der Waals surface area (Å²) in [5, 5.41) is 2.57. The van der Waals surface area contributed by atoms with Gasteiger partial charge in [0.15, 0.2) is 0 Å². The van der Waals surface area contributed by atoms with E-state index in [2.05, 4.69) is 10.3 Å². The highest BCUT2D eigenvalue weighted by atomic mass is 19.1. The summed E-state index contributed by atoms with van der Waals surface area (Å²) in [4.78, 5) is 15.9. The summed E-state index contributed by atoms with van der Waals surface area (Å²) in [5.41, 5.74) is 0.329. The quantitative estimate of drug-likeness (QED) is 0.924. The van der Waals surface area contributed by atoms with Gasteiger partial charge in [-0.2, -0.15) is 0 Å². The number of nitrogens with one attached hydrogen (secondary N) is 1. The van der Waals surface area contributed by atoms with Gasteiger partial charge in [0.1, 0.15) is 11.6 Å². The maximum Gasteiger partial charge on any atom is 0.254 e. The first-order valence-corrected chi connectivity index (χ1v) is 5.75. The zero-order valence-electron chi connectivity index (χ0n) is 10.2. The zero-order valence-corrected chi connectivity index (χ0v) is 10.2. The molecule has 1 heterocycles. The van der Waals surface area contributed by atoms with E-state index in [4.69, 9.17) is 0 Å². The Morgan fingerprint density at radius 1 is 1.26 bits per heavy atom. The van der Waals surface area contributed by atoms with Crippen LogP contribution in [-0.2, 0) is 0 Å². The predicted octanol–water partition coefficient (Wildman–Crippen LogP) is 2.85. The van der Waals surface area contributed by atoms with Gasteiger partial charge in [0, 0.05) is 6.20 Å². The maximum atomic E-state index is 13.4.